The van der Waals surface area contributed by atoms with Gasteiger partial charge >= 0.3 is 0 Å². The van der Waals surface area contributed by atoms with Gasteiger partial charge in [-0.1, -0.05) is 20.3 Å². The molecule has 1 N–H and O–H groups in total. The molecule has 124 valence electrons. The Hall–Kier alpha value is -0.170. The number of nitrogens with one attached hydrogen (secondary N) is 1. The van der Waals surface area contributed by atoms with Gasteiger partial charge in [0.05, 0.1) is 11.9 Å². The van der Waals surface area contributed by atoms with Crippen LogP contribution < -0.4 is 5.32 Å². The Morgan fingerprint density at radius 1 is 1.29 bits per heavy atom. The Balaban J connectivity index is 1.92. The van der Waals surface area contributed by atoms with E-state index in [1.54, 1.807) is 4.31 Å². The Kier molecular flexibility index (Phi) is 6.47. The van der Waals surface area contributed by atoms with Crippen molar-refractivity contribution < 1.29 is 13.2 Å². The zero-order chi connectivity index (χ0) is 15.3. The van der Waals surface area contributed by atoms with Crippen LogP contribution in [0.4, 0.5) is 0 Å². The average molecular weight is 318 g/mol. The third-order valence-corrected chi connectivity index (χ3v) is 6.60. The van der Waals surface area contributed by atoms with Crippen LogP contribution in [0.1, 0.15) is 46.0 Å². The average Bonchev–Trinajstić information content (AvgIpc) is 2.97. The van der Waals surface area contributed by atoms with Crippen molar-refractivity contribution in [3.8, 4) is 0 Å². The molecule has 3 atom stereocenters. The fourth-order valence-electron chi connectivity index (χ4n) is 3.38. The molecule has 2 rings (SSSR count). The van der Waals surface area contributed by atoms with Crippen molar-refractivity contribution in [1.82, 2.24) is 9.62 Å². The normalized spacial score (nSPS) is 31.6. The van der Waals surface area contributed by atoms with Crippen molar-refractivity contribution in [3.05, 3.63) is 0 Å². The molecule has 0 amide bonds. The summed E-state index contributed by atoms with van der Waals surface area (Å²) in [4.78, 5) is 0. The predicted octanol–water partition coefficient (Wildman–Crippen LogP) is 1.60. The van der Waals surface area contributed by atoms with E-state index in [1.165, 1.54) is 0 Å². The monoisotopic (exact) mass is 318 g/mol. The molecule has 0 aromatic heterocycles. The first-order chi connectivity index (χ1) is 10.1. The highest BCUT2D eigenvalue weighted by Gasteiger charge is 2.35. The van der Waals surface area contributed by atoms with E-state index in [1.807, 2.05) is 0 Å². The smallest absolute Gasteiger partial charge is 0.216 e. The topological polar surface area (TPSA) is 58.6 Å². The summed E-state index contributed by atoms with van der Waals surface area (Å²) in [6, 6.07) is 0.462. The zero-order valence-electron chi connectivity index (χ0n) is 13.4. The Morgan fingerprint density at radius 3 is 2.71 bits per heavy atom. The van der Waals surface area contributed by atoms with Gasteiger partial charge in [0.25, 0.3) is 0 Å². The first-order valence-corrected chi connectivity index (χ1v) is 10.0. The summed E-state index contributed by atoms with van der Waals surface area (Å²) in [5, 5.41) is 3.57. The van der Waals surface area contributed by atoms with Crippen molar-refractivity contribution in [1.29, 1.82) is 0 Å². The van der Waals surface area contributed by atoms with Gasteiger partial charge in [-0.15, -0.1) is 0 Å². The summed E-state index contributed by atoms with van der Waals surface area (Å²) in [5.41, 5.74) is 0. The van der Waals surface area contributed by atoms with Crippen LogP contribution >= 0.6 is 0 Å². The Labute approximate surface area is 129 Å². The molecular weight excluding hydrogens is 288 g/mol. The molecule has 6 heteroatoms. The number of rotatable bonds is 7. The first-order valence-electron chi connectivity index (χ1n) is 8.39. The number of hydrogen-bond acceptors (Lipinski definition) is 4. The number of ether oxygens (including phenoxy) is 1. The van der Waals surface area contributed by atoms with Gasteiger partial charge in [0.2, 0.25) is 10.0 Å². The van der Waals surface area contributed by atoms with E-state index in [0.717, 1.165) is 38.6 Å². The highest BCUT2D eigenvalue weighted by molar-refractivity contribution is 7.89. The fourth-order valence-corrected chi connectivity index (χ4v) is 5.13. The second-order valence-corrected chi connectivity index (χ2v) is 8.30. The molecule has 5 nitrogen and oxygen atoms in total. The number of sulfonamides is 1. The summed E-state index contributed by atoms with van der Waals surface area (Å²) >= 11 is 0. The summed E-state index contributed by atoms with van der Waals surface area (Å²) in [5.74, 6) is 0.584. The second kappa shape index (κ2) is 7.90. The number of hydrogen-bond donors (Lipinski definition) is 1. The maximum Gasteiger partial charge on any atom is 0.216 e. The quantitative estimate of drug-likeness (QED) is 0.774. The minimum atomic E-state index is -3.17. The number of piperidine rings is 1. The maximum absolute atomic E-state index is 12.5. The lowest BCUT2D eigenvalue weighted by Crippen LogP contribution is -2.52. The van der Waals surface area contributed by atoms with E-state index in [0.29, 0.717) is 31.7 Å². The summed E-state index contributed by atoms with van der Waals surface area (Å²) in [6.07, 6.45) is 4.84. The van der Waals surface area contributed by atoms with Gasteiger partial charge in [-0.25, -0.2) is 12.7 Å². The molecule has 3 unspecified atom stereocenters. The summed E-state index contributed by atoms with van der Waals surface area (Å²) in [7, 11) is -3.17. The SMILES string of the molecule is CCCNC1CCN(S(=O)(=O)CC2CCCO2)CC1CC. The number of nitrogens with zero attached hydrogens (tertiary/aromatic N) is 1. The van der Waals surface area contributed by atoms with Crippen LogP contribution in [0.25, 0.3) is 0 Å². The van der Waals surface area contributed by atoms with Gasteiger partial charge in [0, 0.05) is 25.7 Å². The van der Waals surface area contributed by atoms with E-state index in [9.17, 15) is 8.42 Å². The zero-order valence-corrected chi connectivity index (χ0v) is 14.2. The first kappa shape index (κ1) is 17.2. The molecule has 2 aliphatic rings. The molecule has 0 aromatic rings. The molecule has 0 bridgehead atoms. The van der Waals surface area contributed by atoms with Crippen molar-refractivity contribution in [3.63, 3.8) is 0 Å². The minimum Gasteiger partial charge on any atom is -0.377 e. The van der Waals surface area contributed by atoms with Crippen LogP contribution in [0.3, 0.4) is 0 Å². The molecule has 2 saturated heterocycles. The van der Waals surface area contributed by atoms with Crippen LogP contribution in [-0.2, 0) is 14.8 Å². The molecule has 2 heterocycles. The van der Waals surface area contributed by atoms with E-state index >= 15 is 0 Å². The van der Waals surface area contributed by atoms with Gasteiger partial charge in [-0.05, 0) is 38.1 Å². The van der Waals surface area contributed by atoms with Crippen LogP contribution in [0.2, 0.25) is 0 Å². The van der Waals surface area contributed by atoms with Gasteiger partial charge < -0.3 is 10.1 Å². The Bertz CT molecular complexity index is 407. The van der Waals surface area contributed by atoms with Gasteiger partial charge in [0.15, 0.2) is 0 Å². The lowest BCUT2D eigenvalue weighted by atomic mass is 9.91. The van der Waals surface area contributed by atoms with Crippen LogP contribution in [0, 0.1) is 5.92 Å². The molecule has 2 fully saturated rings. The molecule has 0 spiro atoms. The molecule has 0 aliphatic carbocycles. The second-order valence-electron chi connectivity index (χ2n) is 6.29. The minimum absolute atomic E-state index is 0.0917. The van der Waals surface area contributed by atoms with Crippen molar-refractivity contribution in [2.24, 2.45) is 5.92 Å². The molecule has 2 aliphatic heterocycles. The molecule has 0 radical (unpaired) electrons. The molecular formula is C15H30N2O3S. The van der Waals surface area contributed by atoms with Crippen molar-refractivity contribution >= 4 is 10.0 Å². The van der Waals surface area contributed by atoms with E-state index in [-0.39, 0.29) is 11.9 Å². The fraction of sp³-hybridized carbons (Fsp3) is 1.00. The highest BCUT2D eigenvalue weighted by atomic mass is 32.2. The summed E-state index contributed by atoms with van der Waals surface area (Å²) in [6.45, 7) is 7.35. The largest absolute Gasteiger partial charge is 0.377 e. The third kappa shape index (κ3) is 4.65. The van der Waals surface area contributed by atoms with Gasteiger partial charge in [-0.2, -0.15) is 0 Å². The molecule has 0 saturated carbocycles. The highest BCUT2D eigenvalue weighted by Crippen LogP contribution is 2.24. The third-order valence-electron chi connectivity index (χ3n) is 4.69. The van der Waals surface area contributed by atoms with Crippen LogP contribution in [0.5, 0.6) is 0 Å². The van der Waals surface area contributed by atoms with E-state index < -0.39 is 10.0 Å². The summed E-state index contributed by atoms with van der Waals surface area (Å²) < 4.78 is 32.3. The van der Waals surface area contributed by atoms with Crippen LogP contribution in [0.15, 0.2) is 0 Å². The van der Waals surface area contributed by atoms with Crippen molar-refractivity contribution in [2.75, 3.05) is 32.0 Å². The standard InChI is InChI=1S/C15H30N2O3S/c1-3-8-16-15-7-9-17(11-13(15)4-2)21(18,19)12-14-6-5-10-20-14/h13-16H,3-12H2,1-2H3. The van der Waals surface area contributed by atoms with Gasteiger partial charge in [0.1, 0.15) is 0 Å². The predicted molar refractivity (Wildman–Crippen MR) is 84.8 cm³/mol. The Morgan fingerprint density at radius 2 is 2.10 bits per heavy atom. The van der Waals surface area contributed by atoms with E-state index in [2.05, 4.69) is 19.2 Å². The lowest BCUT2D eigenvalue weighted by Gasteiger charge is -2.38. The molecule has 0 aromatic carbocycles. The molecule has 21 heavy (non-hydrogen) atoms. The van der Waals surface area contributed by atoms with Crippen LogP contribution in [-0.4, -0.2) is 56.9 Å². The lowest BCUT2D eigenvalue weighted by molar-refractivity contribution is 0.125. The van der Waals surface area contributed by atoms with E-state index in [4.69, 9.17) is 4.74 Å². The van der Waals surface area contributed by atoms with Gasteiger partial charge in [-0.3, -0.25) is 0 Å². The maximum atomic E-state index is 12.5. The van der Waals surface area contributed by atoms with Crippen molar-refractivity contribution in [2.45, 2.75) is 58.1 Å².